The number of nitrogens with one attached hydrogen (secondary N) is 1. The minimum Gasteiger partial charge on any atom is -0.399 e. The lowest BCUT2D eigenvalue weighted by molar-refractivity contribution is 0.872. The topological polar surface area (TPSA) is 50.9 Å². The van der Waals surface area contributed by atoms with E-state index in [4.69, 9.17) is 5.73 Å². The third kappa shape index (κ3) is 2.47. The average molecular weight is 283 g/mol. The van der Waals surface area contributed by atoms with Crippen LogP contribution >= 0.6 is 11.3 Å². The predicted molar refractivity (Wildman–Crippen MR) is 87.2 cm³/mol. The molecule has 0 saturated heterocycles. The van der Waals surface area contributed by atoms with Crippen LogP contribution in [0.15, 0.2) is 42.5 Å². The molecule has 3 N–H and O–H groups in total. The Morgan fingerprint density at radius 2 is 2.00 bits per heavy atom. The van der Waals surface area contributed by atoms with Crippen molar-refractivity contribution in [1.29, 1.82) is 0 Å². The van der Waals surface area contributed by atoms with Gasteiger partial charge in [0.25, 0.3) is 0 Å². The number of thiazole rings is 1. The third-order valence-electron chi connectivity index (χ3n) is 3.41. The number of nitrogens with zero attached hydrogens (tertiary/aromatic N) is 1. The van der Waals surface area contributed by atoms with Gasteiger partial charge in [-0.25, -0.2) is 4.98 Å². The van der Waals surface area contributed by atoms with E-state index < -0.39 is 0 Å². The largest absolute Gasteiger partial charge is 0.399 e. The molecule has 0 fully saturated rings. The number of aromatic nitrogens is 1. The lowest BCUT2D eigenvalue weighted by Gasteiger charge is -2.15. The summed E-state index contributed by atoms with van der Waals surface area (Å²) in [5.41, 5.74) is 10.2. The van der Waals surface area contributed by atoms with Crippen molar-refractivity contribution in [3.05, 3.63) is 53.6 Å². The van der Waals surface area contributed by atoms with Crippen LogP contribution in [0.5, 0.6) is 0 Å². The van der Waals surface area contributed by atoms with Crippen LogP contribution in [0.25, 0.3) is 10.2 Å². The molecule has 3 rings (SSSR count). The van der Waals surface area contributed by atoms with Gasteiger partial charge in [0.05, 0.1) is 16.3 Å². The molecule has 0 aliphatic carbocycles. The van der Waals surface area contributed by atoms with Crippen molar-refractivity contribution >= 4 is 32.4 Å². The fourth-order valence-corrected chi connectivity index (χ4v) is 3.34. The van der Waals surface area contributed by atoms with Crippen molar-refractivity contribution in [1.82, 2.24) is 4.98 Å². The summed E-state index contributed by atoms with van der Waals surface area (Å²) in [5, 5.41) is 4.41. The number of benzene rings is 2. The number of rotatable bonds is 3. The highest BCUT2D eigenvalue weighted by molar-refractivity contribution is 7.22. The summed E-state index contributed by atoms with van der Waals surface area (Å²) in [6, 6.07) is 14.5. The molecule has 0 aliphatic rings. The number of hydrogen-bond acceptors (Lipinski definition) is 4. The minimum absolute atomic E-state index is 0.231. The molecular formula is C16H17N3S. The lowest BCUT2D eigenvalue weighted by Crippen LogP contribution is -2.07. The molecule has 102 valence electrons. The van der Waals surface area contributed by atoms with E-state index in [9.17, 15) is 0 Å². The van der Waals surface area contributed by atoms with Crippen LogP contribution in [0, 0.1) is 6.92 Å². The summed E-state index contributed by atoms with van der Waals surface area (Å²) in [4.78, 5) is 4.60. The summed E-state index contributed by atoms with van der Waals surface area (Å²) < 4.78 is 1.12. The Labute approximate surface area is 122 Å². The van der Waals surface area contributed by atoms with E-state index in [2.05, 4.69) is 48.4 Å². The van der Waals surface area contributed by atoms with Gasteiger partial charge in [-0.05, 0) is 43.2 Å². The summed E-state index contributed by atoms with van der Waals surface area (Å²) >= 11 is 1.64. The van der Waals surface area contributed by atoms with E-state index in [1.54, 1.807) is 11.3 Å². The first-order valence-corrected chi connectivity index (χ1v) is 7.43. The average Bonchev–Trinajstić information content (AvgIpc) is 2.80. The second-order valence-electron chi connectivity index (χ2n) is 4.97. The SMILES string of the molecule is Cc1ccccc1C(C)Nc1nc2ccc(N)cc2s1. The molecule has 0 spiro atoms. The van der Waals surface area contributed by atoms with Gasteiger partial charge in [0.1, 0.15) is 0 Å². The number of hydrogen-bond donors (Lipinski definition) is 2. The second-order valence-corrected chi connectivity index (χ2v) is 6.00. The first kappa shape index (κ1) is 12.9. The van der Waals surface area contributed by atoms with E-state index in [-0.39, 0.29) is 6.04 Å². The van der Waals surface area contributed by atoms with Crippen LogP contribution in [0.3, 0.4) is 0 Å². The normalized spacial score (nSPS) is 12.5. The van der Waals surface area contributed by atoms with Crippen LogP contribution in [-0.4, -0.2) is 4.98 Å². The van der Waals surface area contributed by atoms with Gasteiger partial charge >= 0.3 is 0 Å². The van der Waals surface area contributed by atoms with Crippen LogP contribution in [0.4, 0.5) is 10.8 Å². The number of fused-ring (bicyclic) bond motifs is 1. The molecule has 4 heteroatoms. The van der Waals surface area contributed by atoms with Gasteiger partial charge in [-0.1, -0.05) is 35.6 Å². The van der Waals surface area contributed by atoms with Crippen LogP contribution < -0.4 is 11.1 Å². The molecule has 0 saturated carbocycles. The van der Waals surface area contributed by atoms with Crippen molar-refractivity contribution < 1.29 is 0 Å². The zero-order valence-corrected chi connectivity index (χ0v) is 12.4. The molecule has 1 unspecified atom stereocenters. The van der Waals surface area contributed by atoms with E-state index >= 15 is 0 Å². The molecule has 1 heterocycles. The Bertz CT molecular complexity index is 748. The molecular weight excluding hydrogens is 266 g/mol. The molecule has 0 radical (unpaired) electrons. The van der Waals surface area contributed by atoms with Crippen LogP contribution in [0.2, 0.25) is 0 Å². The van der Waals surface area contributed by atoms with Crippen molar-refractivity contribution in [2.75, 3.05) is 11.1 Å². The molecule has 1 aromatic heterocycles. The Kier molecular flexibility index (Phi) is 3.32. The lowest BCUT2D eigenvalue weighted by atomic mass is 10.0. The van der Waals surface area contributed by atoms with Gasteiger partial charge in [0, 0.05) is 5.69 Å². The van der Waals surface area contributed by atoms with Gasteiger partial charge in [-0.15, -0.1) is 0 Å². The minimum atomic E-state index is 0.231. The maximum absolute atomic E-state index is 5.80. The second kappa shape index (κ2) is 5.13. The van der Waals surface area contributed by atoms with Crippen molar-refractivity contribution in [3.63, 3.8) is 0 Å². The number of nitrogen functional groups attached to an aromatic ring is 1. The standard InChI is InChI=1S/C16H17N3S/c1-10-5-3-4-6-13(10)11(2)18-16-19-14-8-7-12(17)9-15(14)20-16/h3-9,11H,17H2,1-2H3,(H,18,19). The first-order chi connectivity index (χ1) is 9.63. The van der Waals surface area contributed by atoms with E-state index in [1.807, 2.05) is 18.2 Å². The number of anilines is 2. The Balaban J connectivity index is 1.87. The third-order valence-corrected chi connectivity index (χ3v) is 4.36. The van der Waals surface area contributed by atoms with Crippen LogP contribution in [0.1, 0.15) is 24.1 Å². The molecule has 20 heavy (non-hydrogen) atoms. The van der Waals surface area contributed by atoms with Gasteiger partial charge < -0.3 is 11.1 Å². The molecule has 3 nitrogen and oxygen atoms in total. The van der Waals surface area contributed by atoms with E-state index in [1.165, 1.54) is 11.1 Å². The Hall–Kier alpha value is -2.07. The maximum atomic E-state index is 5.80. The molecule has 3 aromatic rings. The van der Waals surface area contributed by atoms with Gasteiger partial charge in [-0.3, -0.25) is 0 Å². The quantitative estimate of drug-likeness (QED) is 0.702. The highest BCUT2D eigenvalue weighted by Gasteiger charge is 2.10. The van der Waals surface area contributed by atoms with Gasteiger partial charge in [0.2, 0.25) is 0 Å². The monoisotopic (exact) mass is 283 g/mol. The smallest absolute Gasteiger partial charge is 0.184 e. The molecule has 2 aromatic carbocycles. The van der Waals surface area contributed by atoms with E-state index in [0.29, 0.717) is 0 Å². The van der Waals surface area contributed by atoms with Crippen LogP contribution in [-0.2, 0) is 0 Å². The first-order valence-electron chi connectivity index (χ1n) is 6.61. The van der Waals surface area contributed by atoms with Gasteiger partial charge in [0.15, 0.2) is 5.13 Å². The zero-order valence-electron chi connectivity index (χ0n) is 11.6. The fourth-order valence-electron chi connectivity index (χ4n) is 2.34. The predicted octanol–water partition coefficient (Wildman–Crippen LogP) is 4.36. The zero-order chi connectivity index (χ0) is 14.1. The Morgan fingerprint density at radius 3 is 2.80 bits per heavy atom. The van der Waals surface area contributed by atoms with Crippen molar-refractivity contribution in [2.24, 2.45) is 0 Å². The molecule has 1 atom stereocenters. The fraction of sp³-hybridized carbons (Fsp3) is 0.188. The maximum Gasteiger partial charge on any atom is 0.184 e. The summed E-state index contributed by atoms with van der Waals surface area (Å²) in [6.07, 6.45) is 0. The number of nitrogens with two attached hydrogens (primary N) is 1. The Morgan fingerprint density at radius 1 is 1.20 bits per heavy atom. The molecule has 0 bridgehead atoms. The molecule has 0 amide bonds. The highest BCUT2D eigenvalue weighted by atomic mass is 32.1. The highest BCUT2D eigenvalue weighted by Crippen LogP contribution is 2.30. The van der Waals surface area contributed by atoms with Crippen molar-refractivity contribution in [3.8, 4) is 0 Å². The summed E-state index contributed by atoms with van der Waals surface area (Å²) in [6.45, 7) is 4.29. The number of aryl methyl sites for hydroxylation is 1. The summed E-state index contributed by atoms with van der Waals surface area (Å²) in [5.74, 6) is 0. The van der Waals surface area contributed by atoms with Crippen molar-refractivity contribution in [2.45, 2.75) is 19.9 Å². The van der Waals surface area contributed by atoms with Gasteiger partial charge in [-0.2, -0.15) is 0 Å². The summed E-state index contributed by atoms with van der Waals surface area (Å²) in [7, 11) is 0. The molecule has 0 aliphatic heterocycles. The van der Waals surface area contributed by atoms with E-state index in [0.717, 1.165) is 21.0 Å².